The van der Waals surface area contributed by atoms with Crippen molar-refractivity contribution in [1.29, 1.82) is 0 Å². The number of nitrogens with zero attached hydrogens (tertiary/aromatic N) is 3. The largest absolute Gasteiger partial charge is 0.339 e. The lowest BCUT2D eigenvalue weighted by molar-refractivity contribution is -0.117. The minimum absolute atomic E-state index is 0.0715. The second-order valence-electron chi connectivity index (χ2n) is 6.52. The molecule has 5 nitrogen and oxygen atoms in total. The first-order valence-corrected chi connectivity index (χ1v) is 9.82. The Bertz CT molecular complexity index is 987. The zero-order valence-corrected chi connectivity index (χ0v) is 15.8. The van der Waals surface area contributed by atoms with Gasteiger partial charge in [-0.1, -0.05) is 11.2 Å². The Kier molecular flexibility index (Phi) is 4.70. The number of carbonyl (C=O) groups is 1. The summed E-state index contributed by atoms with van der Waals surface area (Å²) in [4.78, 5) is 19.7. The van der Waals surface area contributed by atoms with Crippen LogP contribution in [0.25, 0.3) is 11.4 Å². The maximum Gasteiger partial charge on any atom is 0.232 e. The molecule has 0 bridgehead atoms. The van der Waals surface area contributed by atoms with Crippen LogP contribution in [0.3, 0.4) is 0 Å². The van der Waals surface area contributed by atoms with Crippen LogP contribution < -0.4 is 4.90 Å². The van der Waals surface area contributed by atoms with Crippen molar-refractivity contribution >= 4 is 23.4 Å². The van der Waals surface area contributed by atoms with Gasteiger partial charge in [0.05, 0.1) is 5.92 Å². The topological polar surface area (TPSA) is 59.2 Å². The van der Waals surface area contributed by atoms with Crippen molar-refractivity contribution in [2.24, 2.45) is 0 Å². The predicted molar refractivity (Wildman–Crippen MR) is 102 cm³/mol. The fourth-order valence-corrected chi connectivity index (χ4v) is 3.65. The third-order valence-corrected chi connectivity index (χ3v) is 5.47. The van der Waals surface area contributed by atoms with Crippen LogP contribution in [-0.2, 0) is 4.79 Å². The molecule has 0 saturated carbocycles. The van der Waals surface area contributed by atoms with Gasteiger partial charge in [0, 0.05) is 29.1 Å². The molecule has 0 N–H and O–H groups in total. The summed E-state index contributed by atoms with van der Waals surface area (Å²) in [6.45, 7) is 2.26. The van der Waals surface area contributed by atoms with Gasteiger partial charge in [-0.25, -0.2) is 4.39 Å². The number of benzene rings is 2. The van der Waals surface area contributed by atoms with Crippen molar-refractivity contribution < 1.29 is 13.7 Å². The molecule has 138 valence electrons. The molecule has 0 spiro atoms. The third kappa shape index (κ3) is 3.47. The highest BCUT2D eigenvalue weighted by atomic mass is 32.2. The zero-order chi connectivity index (χ0) is 19.0. The Morgan fingerprint density at radius 2 is 2.00 bits per heavy atom. The Labute approximate surface area is 160 Å². The second-order valence-corrected chi connectivity index (χ2v) is 7.40. The van der Waals surface area contributed by atoms with E-state index in [1.165, 1.54) is 12.1 Å². The summed E-state index contributed by atoms with van der Waals surface area (Å²) in [5, 5.41) is 4.06. The molecule has 1 fully saturated rings. The van der Waals surface area contributed by atoms with Crippen LogP contribution in [0.15, 0.2) is 51.9 Å². The van der Waals surface area contributed by atoms with Gasteiger partial charge in [0.2, 0.25) is 17.6 Å². The predicted octanol–water partition coefficient (Wildman–Crippen LogP) is 4.43. The monoisotopic (exact) mass is 383 g/mol. The lowest BCUT2D eigenvalue weighted by Gasteiger charge is -2.18. The maximum absolute atomic E-state index is 13.6. The van der Waals surface area contributed by atoms with E-state index in [0.29, 0.717) is 23.9 Å². The van der Waals surface area contributed by atoms with Gasteiger partial charge in [-0.05, 0) is 55.1 Å². The van der Waals surface area contributed by atoms with E-state index in [4.69, 9.17) is 4.52 Å². The molecule has 1 saturated heterocycles. The highest BCUT2D eigenvalue weighted by Gasteiger charge is 2.35. The molecule has 1 aliphatic heterocycles. The van der Waals surface area contributed by atoms with Crippen LogP contribution in [0.2, 0.25) is 0 Å². The Balaban J connectivity index is 1.56. The molecule has 27 heavy (non-hydrogen) atoms. The van der Waals surface area contributed by atoms with Crippen LogP contribution in [0, 0.1) is 12.7 Å². The molecule has 1 aliphatic rings. The van der Waals surface area contributed by atoms with Crippen LogP contribution >= 0.6 is 11.8 Å². The van der Waals surface area contributed by atoms with Gasteiger partial charge >= 0.3 is 0 Å². The second kappa shape index (κ2) is 7.15. The average molecular weight is 383 g/mol. The van der Waals surface area contributed by atoms with E-state index in [2.05, 4.69) is 10.1 Å². The standard InChI is InChI=1S/C20H18FN3O2S/c1-12-3-6-15(21)10-17(12)24-11-14(9-18(24)25)20-22-19(23-26-20)13-4-7-16(27-2)8-5-13/h3-8,10,14H,9,11H2,1-2H3. The van der Waals surface area contributed by atoms with E-state index in [9.17, 15) is 9.18 Å². The number of amides is 1. The smallest absolute Gasteiger partial charge is 0.232 e. The normalized spacial score (nSPS) is 16.9. The number of hydrogen-bond acceptors (Lipinski definition) is 5. The lowest BCUT2D eigenvalue weighted by atomic mass is 10.1. The number of halogens is 1. The van der Waals surface area contributed by atoms with Crippen molar-refractivity contribution in [3.05, 3.63) is 59.7 Å². The Morgan fingerprint density at radius 1 is 1.22 bits per heavy atom. The van der Waals surface area contributed by atoms with E-state index in [-0.39, 0.29) is 24.1 Å². The van der Waals surface area contributed by atoms with Crippen molar-refractivity contribution in [2.75, 3.05) is 17.7 Å². The molecule has 7 heteroatoms. The van der Waals surface area contributed by atoms with Crippen LogP contribution in [0.5, 0.6) is 0 Å². The van der Waals surface area contributed by atoms with Crippen LogP contribution in [0.1, 0.15) is 23.8 Å². The fourth-order valence-electron chi connectivity index (χ4n) is 3.24. The summed E-state index contributed by atoms with van der Waals surface area (Å²) in [6, 6.07) is 12.4. The number of anilines is 1. The van der Waals surface area contributed by atoms with Crippen molar-refractivity contribution in [3.8, 4) is 11.4 Å². The van der Waals surface area contributed by atoms with E-state index >= 15 is 0 Å². The number of thioether (sulfide) groups is 1. The summed E-state index contributed by atoms with van der Waals surface area (Å²) in [7, 11) is 0. The molecular formula is C20H18FN3O2S. The van der Waals surface area contributed by atoms with E-state index in [1.807, 2.05) is 37.4 Å². The molecule has 2 heterocycles. The fraction of sp³-hybridized carbons (Fsp3) is 0.250. The summed E-state index contributed by atoms with van der Waals surface area (Å²) in [6.07, 6.45) is 2.29. The van der Waals surface area contributed by atoms with E-state index in [0.717, 1.165) is 16.0 Å². The number of hydrogen-bond donors (Lipinski definition) is 0. The highest BCUT2D eigenvalue weighted by Crippen LogP contribution is 2.33. The Hall–Kier alpha value is -2.67. The molecule has 1 unspecified atom stereocenters. The van der Waals surface area contributed by atoms with Gasteiger partial charge in [-0.3, -0.25) is 4.79 Å². The van der Waals surface area contributed by atoms with Crippen molar-refractivity contribution in [3.63, 3.8) is 0 Å². The van der Waals surface area contributed by atoms with Crippen molar-refractivity contribution in [2.45, 2.75) is 24.2 Å². The zero-order valence-electron chi connectivity index (χ0n) is 15.0. The maximum atomic E-state index is 13.6. The summed E-state index contributed by atoms with van der Waals surface area (Å²) in [5.41, 5.74) is 2.31. The van der Waals surface area contributed by atoms with Gasteiger partial charge in [0.1, 0.15) is 5.82 Å². The SMILES string of the molecule is CSc1ccc(-c2noc(C3CC(=O)N(c4cc(F)ccc4C)C3)n2)cc1. The molecular weight excluding hydrogens is 365 g/mol. The van der Waals surface area contributed by atoms with Crippen LogP contribution in [-0.4, -0.2) is 28.8 Å². The first-order valence-electron chi connectivity index (χ1n) is 8.59. The number of rotatable bonds is 4. The minimum atomic E-state index is -0.361. The number of aryl methyl sites for hydroxylation is 1. The first kappa shape index (κ1) is 17.7. The first-order chi connectivity index (χ1) is 13.0. The van der Waals surface area contributed by atoms with E-state index in [1.54, 1.807) is 22.7 Å². The van der Waals surface area contributed by atoms with Gasteiger partial charge in [0.15, 0.2) is 0 Å². The van der Waals surface area contributed by atoms with E-state index < -0.39 is 0 Å². The molecule has 3 aromatic rings. The van der Waals surface area contributed by atoms with Gasteiger partial charge in [0.25, 0.3) is 0 Å². The molecule has 0 radical (unpaired) electrons. The summed E-state index contributed by atoms with van der Waals surface area (Å²) in [5.74, 6) is 0.305. The number of aromatic nitrogens is 2. The summed E-state index contributed by atoms with van der Waals surface area (Å²) >= 11 is 1.66. The van der Waals surface area contributed by atoms with Gasteiger partial charge < -0.3 is 9.42 Å². The van der Waals surface area contributed by atoms with Crippen molar-refractivity contribution in [1.82, 2.24) is 10.1 Å². The van der Waals surface area contributed by atoms with Crippen LogP contribution in [0.4, 0.5) is 10.1 Å². The Morgan fingerprint density at radius 3 is 2.74 bits per heavy atom. The molecule has 2 aromatic carbocycles. The molecule has 4 rings (SSSR count). The highest BCUT2D eigenvalue weighted by molar-refractivity contribution is 7.98. The quantitative estimate of drug-likeness (QED) is 0.624. The summed E-state index contributed by atoms with van der Waals surface area (Å²) < 4.78 is 19.0. The van der Waals surface area contributed by atoms with Gasteiger partial charge in [-0.15, -0.1) is 11.8 Å². The molecule has 0 aliphatic carbocycles. The third-order valence-electron chi connectivity index (χ3n) is 4.73. The lowest BCUT2D eigenvalue weighted by Crippen LogP contribution is -2.25. The minimum Gasteiger partial charge on any atom is -0.339 e. The molecule has 1 aromatic heterocycles. The van der Waals surface area contributed by atoms with Gasteiger partial charge in [-0.2, -0.15) is 4.98 Å². The number of carbonyl (C=O) groups excluding carboxylic acids is 1. The average Bonchev–Trinajstić information content (AvgIpc) is 3.31. The molecule has 1 amide bonds. The molecule has 1 atom stereocenters.